The van der Waals surface area contributed by atoms with Crippen LogP contribution in [0.25, 0.3) is 11.4 Å². The first-order chi connectivity index (χ1) is 13.0. The van der Waals surface area contributed by atoms with Crippen LogP contribution in [0.3, 0.4) is 0 Å². The average molecular weight is 366 g/mol. The zero-order chi connectivity index (χ0) is 19.2. The van der Waals surface area contributed by atoms with E-state index in [0.717, 1.165) is 5.56 Å². The minimum Gasteiger partial charge on any atom is -0.363 e. The molecule has 0 saturated carbocycles. The fraction of sp³-hybridized carbons (Fsp3) is 0.263. The maximum absolute atomic E-state index is 9.79. The van der Waals surface area contributed by atoms with Crippen LogP contribution in [-0.4, -0.2) is 38.2 Å². The van der Waals surface area contributed by atoms with Crippen molar-refractivity contribution < 1.29 is 9.84 Å². The van der Waals surface area contributed by atoms with Gasteiger partial charge < -0.3 is 20.5 Å². The number of anilines is 3. The lowest BCUT2D eigenvalue weighted by Gasteiger charge is -2.13. The molecule has 2 aromatic heterocycles. The third-order valence-corrected chi connectivity index (χ3v) is 3.60. The fourth-order valence-electron chi connectivity index (χ4n) is 2.38. The highest BCUT2D eigenvalue weighted by Gasteiger charge is 2.12. The third kappa shape index (κ3) is 4.96. The lowest BCUT2D eigenvalue weighted by molar-refractivity contribution is -0.0798. The Balaban J connectivity index is 1.94. The molecule has 3 rings (SSSR count). The molecule has 8 heteroatoms. The molecular weight excluding hydrogens is 344 g/mol. The number of nitrogens with zero attached hydrogens (tertiary/aromatic N) is 4. The first-order valence-electron chi connectivity index (χ1n) is 8.57. The van der Waals surface area contributed by atoms with Crippen molar-refractivity contribution >= 4 is 17.6 Å². The number of benzene rings is 1. The first-order valence-corrected chi connectivity index (χ1v) is 8.57. The van der Waals surface area contributed by atoms with Gasteiger partial charge in [0.2, 0.25) is 11.9 Å². The number of aliphatic hydroxyl groups excluding tert-OH is 1. The molecule has 3 aromatic rings. The number of hydrogen-bond acceptors (Lipinski definition) is 8. The summed E-state index contributed by atoms with van der Waals surface area (Å²) in [6.45, 7) is 4.03. The van der Waals surface area contributed by atoms with Gasteiger partial charge in [-0.2, -0.15) is 15.0 Å². The number of pyridine rings is 1. The number of ether oxygens (including phenoxy) is 1. The Hall–Kier alpha value is -3.10. The molecular formula is C19H22N6O2. The van der Waals surface area contributed by atoms with Crippen molar-refractivity contribution in [3.05, 3.63) is 54.4 Å². The van der Waals surface area contributed by atoms with Crippen molar-refractivity contribution in [1.29, 1.82) is 0 Å². The van der Waals surface area contributed by atoms with Gasteiger partial charge in [0.05, 0.1) is 5.69 Å². The second-order valence-corrected chi connectivity index (χ2v) is 6.15. The molecule has 0 aliphatic heterocycles. The minimum atomic E-state index is -1.09. The van der Waals surface area contributed by atoms with Crippen LogP contribution < -0.4 is 10.6 Å². The van der Waals surface area contributed by atoms with Crippen LogP contribution >= 0.6 is 0 Å². The Morgan fingerprint density at radius 3 is 2.44 bits per heavy atom. The van der Waals surface area contributed by atoms with Gasteiger partial charge >= 0.3 is 0 Å². The molecule has 0 radical (unpaired) electrons. The molecule has 1 unspecified atom stereocenters. The van der Waals surface area contributed by atoms with Crippen LogP contribution in [0.2, 0.25) is 0 Å². The summed E-state index contributed by atoms with van der Waals surface area (Å²) >= 11 is 0. The molecule has 27 heavy (non-hydrogen) atoms. The predicted octanol–water partition coefficient (Wildman–Crippen LogP) is 3.13. The first kappa shape index (κ1) is 18.7. The number of rotatable bonds is 7. The average Bonchev–Trinajstić information content (AvgIpc) is 2.67. The molecule has 140 valence electrons. The summed E-state index contributed by atoms with van der Waals surface area (Å²) in [5.41, 5.74) is 1.96. The highest BCUT2D eigenvalue weighted by atomic mass is 16.6. The number of aliphatic hydroxyl groups is 1. The summed E-state index contributed by atoms with van der Waals surface area (Å²) in [6, 6.07) is 13.3. The zero-order valence-electron chi connectivity index (χ0n) is 15.4. The minimum absolute atomic E-state index is 0.174. The molecule has 0 fully saturated rings. The predicted molar refractivity (Wildman–Crippen MR) is 104 cm³/mol. The second kappa shape index (κ2) is 8.52. The summed E-state index contributed by atoms with van der Waals surface area (Å²) < 4.78 is 4.90. The van der Waals surface area contributed by atoms with E-state index in [1.165, 1.54) is 7.11 Å². The Morgan fingerprint density at radius 1 is 1.00 bits per heavy atom. The topological polar surface area (TPSA) is 105 Å². The smallest absolute Gasteiger partial charge is 0.232 e. The summed E-state index contributed by atoms with van der Waals surface area (Å²) in [5.74, 6) is 1.42. The van der Waals surface area contributed by atoms with Crippen molar-refractivity contribution in [2.45, 2.75) is 26.2 Å². The van der Waals surface area contributed by atoms with Gasteiger partial charge in [0.25, 0.3) is 0 Å². The Bertz CT molecular complexity index is 888. The van der Waals surface area contributed by atoms with Gasteiger partial charge in [0, 0.05) is 30.6 Å². The summed E-state index contributed by atoms with van der Waals surface area (Å²) in [5, 5.41) is 16.1. The van der Waals surface area contributed by atoms with E-state index in [0.29, 0.717) is 29.1 Å². The molecule has 0 saturated heterocycles. The molecule has 8 nitrogen and oxygen atoms in total. The Morgan fingerprint density at radius 2 is 1.74 bits per heavy atom. The van der Waals surface area contributed by atoms with Crippen molar-refractivity contribution in [2.24, 2.45) is 0 Å². The van der Waals surface area contributed by atoms with Crippen LogP contribution in [0.15, 0.2) is 48.7 Å². The summed E-state index contributed by atoms with van der Waals surface area (Å²) in [7, 11) is 1.41. The van der Waals surface area contributed by atoms with E-state index in [1.54, 1.807) is 18.3 Å². The SMILES string of the molecule is COC(O)c1cc(Nc2nc(NC(C)C)nc(-c3ccccc3)n2)ccn1. The van der Waals surface area contributed by atoms with Crippen molar-refractivity contribution in [1.82, 2.24) is 19.9 Å². The van der Waals surface area contributed by atoms with E-state index in [1.807, 2.05) is 44.2 Å². The molecule has 0 amide bonds. The van der Waals surface area contributed by atoms with Gasteiger partial charge in [-0.25, -0.2) is 0 Å². The molecule has 0 bridgehead atoms. The van der Waals surface area contributed by atoms with Crippen molar-refractivity contribution in [3.63, 3.8) is 0 Å². The molecule has 1 atom stereocenters. The van der Waals surface area contributed by atoms with E-state index in [2.05, 4.69) is 30.6 Å². The summed E-state index contributed by atoms with van der Waals surface area (Å²) in [6.07, 6.45) is 0.482. The quantitative estimate of drug-likeness (QED) is 0.548. The highest BCUT2D eigenvalue weighted by Crippen LogP contribution is 2.21. The van der Waals surface area contributed by atoms with E-state index in [4.69, 9.17) is 4.74 Å². The molecule has 0 spiro atoms. The lowest BCUT2D eigenvalue weighted by atomic mass is 10.2. The molecule has 3 N–H and O–H groups in total. The maximum atomic E-state index is 9.79. The number of hydrogen-bond donors (Lipinski definition) is 3. The normalized spacial score (nSPS) is 12.0. The van der Waals surface area contributed by atoms with Crippen LogP contribution in [0, 0.1) is 0 Å². The van der Waals surface area contributed by atoms with E-state index < -0.39 is 6.29 Å². The van der Waals surface area contributed by atoms with Gasteiger partial charge in [0.1, 0.15) is 0 Å². The van der Waals surface area contributed by atoms with Crippen LogP contribution in [-0.2, 0) is 4.74 Å². The molecule has 0 aliphatic carbocycles. The van der Waals surface area contributed by atoms with Crippen molar-refractivity contribution in [3.8, 4) is 11.4 Å². The number of methoxy groups -OCH3 is 1. The lowest BCUT2D eigenvalue weighted by Crippen LogP contribution is -2.14. The maximum Gasteiger partial charge on any atom is 0.232 e. The van der Waals surface area contributed by atoms with Crippen LogP contribution in [0.1, 0.15) is 25.8 Å². The van der Waals surface area contributed by atoms with Gasteiger partial charge in [0.15, 0.2) is 12.1 Å². The molecule has 0 aliphatic rings. The standard InChI is InChI=1S/C19H22N6O2/c1-12(2)21-18-23-16(13-7-5-4-6-8-13)24-19(25-18)22-14-9-10-20-15(11-14)17(26)27-3/h4-12,17,26H,1-3H3,(H2,20,21,22,23,24,25). The third-order valence-electron chi connectivity index (χ3n) is 3.60. The highest BCUT2D eigenvalue weighted by molar-refractivity contribution is 5.61. The van der Waals surface area contributed by atoms with E-state index in [9.17, 15) is 5.11 Å². The monoisotopic (exact) mass is 366 g/mol. The number of aromatic nitrogens is 4. The second-order valence-electron chi connectivity index (χ2n) is 6.15. The van der Waals surface area contributed by atoms with Crippen molar-refractivity contribution in [2.75, 3.05) is 17.7 Å². The van der Waals surface area contributed by atoms with Gasteiger partial charge in [-0.3, -0.25) is 4.98 Å². The molecule has 1 aromatic carbocycles. The zero-order valence-corrected chi connectivity index (χ0v) is 15.4. The van der Waals surface area contributed by atoms with Gasteiger partial charge in [-0.15, -0.1) is 0 Å². The Labute approximate surface area is 157 Å². The Kier molecular flexibility index (Phi) is 5.90. The van der Waals surface area contributed by atoms with Crippen LogP contribution in [0.5, 0.6) is 0 Å². The summed E-state index contributed by atoms with van der Waals surface area (Å²) in [4.78, 5) is 17.5. The van der Waals surface area contributed by atoms with Gasteiger partial charge in [-0.1, -0.05) is 30.3 Å². The molecule has 2 heterocycles. The largest absolute Gasteiger partial charge is 0.363 e. The fourth-order valence-corrected chi connectivity index (χ4v) is 2.38. The van der Waals surface area contributed by atoms with Crippen LogP contribution in [0.4, 0.5) is 17.6 Å². The van der Waals surface area contributed by atoms with Gasteiger partial charge in [-0.05, 0) is 26.0 Å². The number of nitrogens with one attached hydrogen (secondary N) is 2. The van der Waals surface area contributed by atoms with E-state index in [-0.39, 0.29) is 6.04 Å². The van der Waals surface area contributed by atoms with E-state index >= 15 is 0 Å².